The first-order valence-electron chi connectivity index (χ1n) is 13.0. The molecule has 42 heavy (non-hydrogen) atoms. The monoisotopic (exact) mass is 578 g/mol. The first-order valence-corrected chi connectivity index (χ1v) is 13.8. The van der Waals surface area contributed by atoms with Crippen LogP contribution in [0.1, 0.15) is 18.8 Å². The maximum absolute atomic E-state index is 14.4. The molecule has 0 bridgehead atoms. The number of hydrogen-bond donors (Lipinski definition) is 2. The van der Waals surface area contributed by atoms with Crippen LogP contribution in [0.25, 0.3) is 38.2 Å². The molecule has 3 N–H and O–H groups in total. The Morgan fingerprint density at radius 3 is 2.52 bits per heavy atom. The third-order valence-corrected chi connectivity index (χ3v) is 7.66. The Balaban J connectivity index is 1.52. The molecule has 4 aromatic heterocycles. The van der Waals surface area contributed by atoms with Crippen LogP contribution in [0.15, 0.2) is 84.0 Å². The van der Waals surface area contributed by atoms with E-state index in [1.54, 1.807) is 43.4 Å². The number of aromatic nitrogens is 6. The Bertz CT molecular complexity index is 1960. The van der Waals surface area contributed by atoms with Crippen LogP contribution < -0.4 is 26.1 Å². The minimum Gasteiger partial charge on any atom is -0.481 e. The molecule has 0 aliphatic heterocycles. The van der Waals surface area contributed by atoms with E-state index in [2.05, 4.69) is 25.3 Å². The average molecular weight is 579 g/mol. The molecule has 0 saturated heterocycles. The second-order valence-corrected chi connectivity index (χ2v) is 10.3. The number of fused-ring (bicyclic) bond motifs is 1. The van der Waals surface area contributed by atoms with Crippen molar-refractivity contribution in [1.29, 1.82) is 0 Å². The molecule has 12 heteroatoms. The van der Waals surface area contributed by atoms with Gasteiger partial charge in [-0.1, -0.05) is 41.7 Å². The van der Waals surface area contributed by atoms with Gasteiger partial charge in [-0.3, -0.25) is 9.36 Å². The highest BCUT2D eigenvalue weighted by molar-refractivity contribution is 7.16. The highest BCUT2D eigenvalue weighted by Gasteiger charge is 2.22. The molecule has 6 rings (SSSR count). The zero-order valence-electron chi connectivity index (χ0n) is 23.0. The molecule has 1 atom stereocenters. The summed E-state index contributed by atoms with van der Waals surface area (Å²) in [6.45, 7) is 1.92. The number of nitrogens with zero attached hydrogens (tertiary/aromatic N) is 6. The van der Waals surface area contributed by atoms with Crippen LogP contribution in [0.5, 0.6) is 11.1 Å². The van der Waals surface area contributed by atoms with E-state index in [0.717, 1.165) is 16.0 Å². The molecule has 2 aromatic carbocycles. The van der Waals surface area contributed by atoms with Crippen LogP contribution in [0.2, 0.25) is 0 Å². The van der Waals surface area contributed by atoms with Crippen molar-refractivity contribution in [3.8, 4) is 38.3 Å². The number of rotatable bonds is 8. The Morgan fingerprint density at radius 2 is 1.76 bits per heavy atom. The molecule has 11 nitrogen and oxygen atoms in total. The molecule has 0 amide bonds. The van der Waals surface area contributed by atoms with Gasteiger partial charge in [-0.2, -0.15) is 4.98 Å². The lowest BCUT2D eigenvalue weighted by Gasteiger charge is -2.21. The Hall–Kier alpha value is -5.36. The van der Waals surface area contributed by atoms with Crippen molar-refractivity contribution < 1.29 is 9.47 Å². The van der Waals surface area contributed by atoms with Crippen molar-refractivity contribution in [3.05, 3.63) is 95.4 Å². The molecule has 0 spiro atoms. The number of thiazole rings is 1. The number of para-hydroxylation sites is 1. The van der Waals surface area contributed by atoms with E-state index in [1.165, 1.54) is 11.3 Å². The minimum absolute atomic E-state index is 0.106. The molecule has 0 radical (unpaired) electrons. The predicted molar refractivity (Wildman–Crippen MR) is 163 cm³/mol. The number of pyridine rings is 1. The number of ether oxygens (including phenoxy) is 2. The zero-order valence-corrected chi connectivity index (χ0v) is 23.8. The lowest BCUT2D eigenvalue weighted by Crippen LogP contribution is -2.28. The smallest absolute Gasteiger partial charge is 0.273 e. The van der Waals surface area contributed by atoms with Gasteiger partial charge in [0, 0.05) is 24.7 Å². The van der Waals surface area contributed by atoms with Crippen LogP contribution in [-0.2, 0) is 0 Å². The standard InChI is InChI=1S/C30H26N8O3S/c1-17(35-26-21(15-33-29(31)37-26)23-16-34-30(41-3)42-23)27-36-22-11-7-10-20(18-12-13-32-24(14-18)40-2)25(22)28(39)38(27)19-8-5-4-6-9-19/h4-17H,1-3H3,(H3,31,33,35,37)/t17-/m0/s1. The van der Waals surface area contributed by atoms with Gasteiger partial charge in [0.15, 0.2) is 0 Å². The Labute approximate surface area is 244 Å². The summed E-state index contributed by atoms with van der Waals surface area (Å²) >= 11 is 1.36. The van der Waals surface area contributed by atoms with Crippen molar-refractivity contribution in [3.63, 3.8) is 0 Å². The average Bonchev–Trinajstić information content (AvgIpc) is 3.50. The summed E-state index contributed by atoms with van der Waals surface area (Å²) in [6.07, 6.45) is 4.98. The van der Waals surface area contributed by atoms with Crippen LogP contribution in [0.4, 0.5) is 11.8 Å². The van der Waals surface area contributed by atoms with Gasteiger partial charge in [-0.25, -0.2) is 19.9 Å². The summed E-state index contributed by atoms with van der Waals surface area (Å²) < 4.78 is 12.2. The van der Waals surface area contributed by atoms with E-state index in [-0.39, 0.29) is 11.5 Å². The summed E-state index contributed by atoms with van der Waals surface area (Å²) in [4.78, 5) is 37.4. The molecule has 0 aliphatic carbocycles. The zero-order chi connectivity index (χ0) is 29.2. The number of nitrogen functional groups attached to an aromatic ring is 1. The van der Waals surface area contributed by atoms with Crippen LogP contribution >= 0.6 is 11.3 Å². The molecule has 210 valence electrons. The second kappa shape index (κ2) is 11.3. The summed E-state index contributed by atoms with van der Waals surface area (Å²) in [6, 6.07) is 18.2. The summed E-state index contributed by atoms with van der Waals surface area (Å²) in [5.74, 6) is 1.53. The number of hydrogen-bond acceptors (Lipinski definition) is 11. The van der Waals surface area contributed by atoms with Gasteiger partial charge in [0.2, 0.25) is 11.8 Å². The molecule has 6 aromatic rings. The third-order valence-electron chi connectivity index (χ3n) is 6.67. The first-order chi connectivity index (χ1) is 20.5. The lowest BCUT2D eigenvalue weighted by atomic mass is 10.0. The van der Waals surface area contributed by atoms with E-state index in [4.69, 9.17) is 20.2 Å². The molecule has 0 aliphatic rings. The number of benzene rings is 2. The number of anilines is 2. The maximum atomic E-state index is 14.4. The Morgan fingerprint density at radius 1 is 0.929 bits per heavy atom. The van der Waals surface area contributed by atoms with Crippen molar-refractivity contribution in [2.45, 2.75) is 13.0 Å². The van der Waals surface area contributed by atoms with Gasteiger partial charge >= 0.3 is 0 Å². The van der Waals surface area contributed by atoms with E-state index in [1.807, 2.05) is 61.5 Å². The molecule has 4 heterocycles. The van der Waals surface area contributed by atoms with Gasteiger partial charge in [0.25, 0.3) is 10.8 Å². The van der Waals surface area contributed by atoms with E-state index < -0.39 is 6.04 Å². The van der Waals surface area contributed by atoms with Gasteiger partial charge in [-0.15, -0.1) is 0 Å². The predicted octanol–water partition coefficient (Wildman–Crippen LogP) is 5.13. The van der Waals surface area contributed by atoms with Crippen molar-refractivity contribution in [1.82, 2.24) is 29.5 Å². The van der Waals surface area contributed by atoms with E-state index >= 15 is 0 Å². The summed E-state index contributed by atoms with van der Waals surface area (Å²) in [5, 5.41) is 4.41. The highest BCUT2D eigenvalue weighted by Crippen LogP contribution is 2.36. The van der Waals surface area contributed by atoms with Gasteiger partial charge < -0.3 is 20.5 Å². The van der Waals surface area contributed by atoms with Crippen LogP contribution in [0.3, 0.4) is 0 Å². The maximum Gasteiger partial charge on any atom is 0.273 e. The van der Waals surface area contributed by atoms with E-state index in [9.17, 15) is 4.79 Å². The van der Waals surface area contributed by atoms with Gasteiger partial charge in [0.1, 0.15) is 11.6 Å². The van der Waals surface area contributed by atoms with Crippen LogP contribution in [-0.4, -0.2) is 43.7 Å². The number of nitrogens with two attached hydrogens (primary N) is 1. The highest BCUT2D eigenvalue weighted by atomic mass is 32.1. The summed E-state index contributed by atoms with van der Waals surface area (Å²) in [7, 11) is 3.12. The third kappa shape index (κ3) is 4.99. The number of nitrogens with one attached hydrogen (secondary N) is 1. The Kier molecular flexibility index (Phi) is 7.19. The van der Waals surface area contributed by atoms with Crippen molar-refractivity contribution in [2.75, 3.05) is 25.3 Å². The molecule has 0 unspecified atom stereocenters. The normalized spacial score (nSPS) is 11.8. The SMILES string of the molecule is COc1cc(-c2cccc3nc([C@H](C)Nc4nc(N)ncc4-c4cnc(OC)s4)n(-c4ccccc4)c(=O)c23)ccn1. The largest absolute Gasteiger partial charge is 0.481 e. The van der Waals surface area contributed by atoms with Gasteiger partial charge in [-0.05, 0) is 42.3 Å². The fourth-order valence-electron chi connectivity index (χ4n) is 4.73. The van der Waals surface area contributed by atoms with E-state index in [0.29, 0.717) is 44.9 Å². The second-order valence-electron chi connectivity index (χ2n) is 9.28. The minimum atomic E-state index is -0.477. The topological polar surface area (TPSA) is 143 Å². The summed E-state index contributed by atoms with van der Waals surface area (Å²) in [5.41, 5.74) is 9.22. The molecule has 0 fully saturated rings. The fourth-order valence-corrected chi connectivity index (χ4v) is 5.47. The first kappa shape index (κ1) is 26.8. The fraction of sp³-hybridized carbons (Fsp3) is 0.133. The molecule has 0 saturated carbocycles. The molecular formula is C30H26N8O3S. The van der Waals surface area contributed by atoms with Crippen molar-refractivity contribution in [2.24, 2.45) is 0 Å². The lowest BCUT2D eigenvalue weighted by molar-refractivity contribution is 0.398. The molecular weight excluding hydrogens is 552 g/mol. The van der Waals surface area contributed by atoms with Gasteiger partial charge in [0.05, 0.1) is 47.3 Å². The number of methoxy groups -OCH3 is 2. The van der Waals surface area contributed by atoms with Crippen molar-refractivity contribution >= 4 is 34.0 Å². The quantitative estimate of drug-likeness (QED) is 0.249. The van der Waals surface area contributed by atoms with Crippen LogP contribution in [0, 0.1) is 0 Å².